The van der Waals surface area contributed by atoms with Gasteiger partial charge in [-0.2, -0.15) is 17.5 Å². The van der Waals surface area contributed by atoms with Crippen LogP contribution in [0.1, 0.15) is 24.0 Å². The van der Waals surface area contributed by atoms with E-state index in [2.05, 4.69) is 5.32 Å². The number of carbonyl (C=O) groups excluding carboxylic acids is 3. The number of ether oxygens (including phenoxy) is 1. The van der Waals surface area contributed by atoms with Crippen LogP contribution in [0.3, 0.4) is 0 Å². The minimum atomic E-state index is -4.83. The quantitative estimate of drug-likeness (QED) is 0.459. The maximum absolute atomic E-state index is 13.3. The maximum atomic E-state index is 13.3. The number of sulfonamides is 1. The predicted octanol–water partition coefficient (Wildman–Crippen LogP) is 3.97. The number of alkyl halides is 3. The molecule has 0 saturated carbocycles. The second-order valence-electron chi connectivity index (χ2n) is 9.07. The number of nitrogens with one attached hydrogen (secondary N) is 1. The van der Waals surface area contributed by atoms with Crippen LogP contribution in [-0.4, -0.2) is 68.0 Å². The largest absolute Gasteiger partial charge is 0.497 e. The normalized spacial score (nSPS) is 18.4. The van der Waals surface area contributed by atoms with Gasteiger partial charge in [-0.3, -0.25) is 19.3 Å². The molecule has 0 unspecified atom stereocenters. The smallest absolute Gasteiger partial charge is 0.417 e. The molecule has 2 aliphatic heterocycles. The molecule has 14 heteroatoms. The summed E-state index contributed by atoms with van der Waals surface area (Å²) < 4.78 is 72.0. The Morgan fingerprint density at radius 2 is 1.75 bits per heavy atom. The first kappa shape index (κ1) is 29.6. The zero-order valence-electron chi connectivity index (χ0n) is 21.3. The van der Waals surface area contributed by atoms with Gasteiger partial charge in [0.2, 0.25) is 15.9 Å². The number of halogens is 3. The van der Waals surface area contributed by atoms with Crippen molar-refractivity contribution in [3.63, 3.8) is 0 Å². The number of methoxy groups -OCH3 is 1. The first-order valence-corrected chi connectivity index (χ1v) is 14.5. The average Bonchev–Trinajstić information content (AvgIpc) is 3.20. The Kier molecular flexibility index (Phi) is 8.90. The fraction of sp³-hybridized carbons (Fsp3) is 0.346. The van der Waals surface area contributed by atoms with Gasteiger partial charge in [0.1, 0.15) is 5.75 Å². The summed E-state index contributed by atoms with van der Waals surface area (Å²) in [5.41, 5.74) is -0.518. The van der Waals surface area contributed by atoms with Crippen molar-refractivity contribution < 1.29 is 40.7 Å². The molecule has 2 saturated heterocycles. The number of benzene rings is 2. The minimum Gasteiger partial charge on any atom is -0.497 e. The number of piperidine rings is 1. The van der Waals surface area contributed by atoms with Gasteiger partial charge in [-0.1, -0.05) is 24.3 Å². The third kappa shape index (κ3) is 6.50. The van der Waals surface area contributed by atoms with Gasteiger partial charge in [-0.25, -0.2) is 8.42 Å². The molecule has 2 fully saturated rings. The monoisotopic (exact) mass is 597 g/mol. The van der Waals surface area contributed by atoms with Gasteiger partial charge in [-0.05, 0) is 60.5 Å². The van der Waals surface area contributed by atoms with Gasteiger partial charge in [0.15, 0.2) is 0 Å². The molecule has 214 valence electrons. The number of hydrogen-bond donors (Lipinski definition) is 1. The summed E-state index contributed by atoms with van der Waals surface area (Å²) in [6.45, 7) is -0.278. The van der Waals surface area contributed by atoms with Crippen molar-refractivity contribution in [2.75, 3.05) is 33.3 Å². The Morgan fingerprint density at radius 1 is 1.10 bits per heavy atom. The SMILES string of the molecule is COc1ccc(/C=C2/SC(=O)N(CCNC(=O)C3CCN(S(=O)(=O)c4ccccc4C(F)(F)F)CC3)C2=O)cc1. The molecule has 3 amide bonds. The first-order chi connectivity index (χ1) is 18.9. The van der Waals surface area contributed by atoms with Gasteiger partial charge in [0.25, 0.3) is 11.1 Å². The van der Waals surface area contributed by atoms with Gasteiger partial charge in [0.05, 0.1) is 22.5 Å². The highest BCUT2D eigenvalue weighted by Crippen LogP contribution is 2.36. The fourth-order valence-electron chi connectivity index (χ4n) is 4.40. The summed E-state index contributed by atoms with van der Waals surface area (Å²) in [6, 6.07) is 11.0. The van der Waals surface area contributed by atoms with Crippen molar-refractivity contribution in [2.24, 2.45) is 5.92 Å². The average molecular weight is 598 g/mol. The van der Waals surface area contributed by atoms with Crippen LogP contribution < -0.4 is 10.1 Å². The summed E-state index contributed by atoms with van der Waals surface area (Å²) in [5, 5.41) is 2.21. The van der Waals surface area contributed by atoms with Crippen LogP contribution in [0, 0.1) is 5.92 Å². The summed E-state index contributed by atoms with van der Waals surface area (Å²) in [7, 11) is -2.87. The summed E-state index contributed by atoms with van der Waals surface area (Å²) in [4.78, 5) is 38.2. The van der Waals surface area contributed by atoms with Crippen LogP contribution in [0.25, 0.3) is 6.08 Å². The molecule has 0 aliphatic carbocycles. The Balaban J connectivity index is 1.29. The lowest BCUT2D eigenvalue weighted by Gasteiger charge is -2.31. The molecule has 40 heavy (non-hydrogen) atoms. The molecule has 0 spiro atoms. The molecule has 0 bridgehead atoms. The number of amides is 3. The highest BCUT2D eigenvalue weighted by molar-refractivity contribution is 8.18. The van der Waals surface area contributed by atoms with Crippen LogP contribution in [0.5, 0.6) is 5.75 Å². The molecule has 2 aromatic carbocycles. The van der Waals surface area contributed by atoms with Crippen molar-refractivity contribution in [3.05, 3.63) is 64.6 Å². The molecule has 4 rings (SSSR count). The second-order valence-corrected chi connectivity index (χ2v) is 12.0. The highest BCUT2D eigenvalue weighted by atomic mass is 32.2. The number of imide groups is 1. The summed E-state index contributed by atoms with van der Waals surface area (Å²) in [5.74, 6) is -0.763. The molecular formula is C26H26F3N3O6S2. The van der Waals surface area contributed by atoms with Crippen LogP contribution >= 0.6 is 11.8 Å². The zero-order valence-corrected chi connectivity index (χ0v) is 22.9. The van der Waals surface area contributed by atoms with E-state index in [9.17, 15) is 36.0 Å². The van der Waals surface area contributed by atoms with E-state index in [1.807, 2.05) is 0 Å². The van der Waals surface area contributed by atoms with Crippen LogP contribution in [0.2, 0.25) is 0 Å². The lowest BCUT2D eigenvalue weighted by atomic mass is 9.97. The standard InChI is InChI=1S/C26H26F3N3O6S2/c1-38-19-8-6-17(7-9-19)16-21-24(34)32(25(35)39-21)15-12-30-23(33)18-10-13-31(14-11-18)40(36,37)22-5-3-2-4-20(22)26(27,28)29/h2-9,16,18H,10-15H2,1H3,(H,30,33)/b21-16+. The Labute approximate surface area is 233 Å². The Morgan fingerprint density at radius 3 is 2.38 bits per heavy atom. The van der Waals surface area contributed by atoms with Gasteiger partial charge in [-0.15, -0.1) is 0 Å². The van der Waals surface area contributed by atoms with Gasteiger partial charge < -0.3 is 10.1 Å². The lowest BCUT2D eigenvalue weighted by molar-refractivity contribution is -0.140. The van der Waals surface area contributed by atoms with E-state index in [1.54, 1.807) is 30.3 Å². The number of thioether (sulfide) groups is 1. The number of nitrogens with zero attached hydrogens (tertiary/aromatic N) is 2. The van der Waals surface area contributed by atoms with Crippen molar-refractivity contribution in [3.8, 4) is 5.75 Å². The first-order valence-electron chi connectivity index (χ1n) is 12.3. The predicted molar refractivity (Wildman–Crippen MR) is 142 cm³/mol. The molecule has 1 N–H and O–H groups in total. The molecule has 2 aliphatic rings. The molecule has 0 atom stereocenters. The molecular weight excluding hydrogens is 571 g/mol. The van der Waals surface area contributed by atoms with E-state index in [1.165, 1.54) is 13.2 Å². The van der Waals surface area contributed by atoms with Crippen molar-refractivity contribution in [2.45, 2.75) is 23.9 Å². The molecule has 2 aromatic rings. The topological polar surface area (TPSA) is 113 Å². The van der Waals surface area contributed by atoms with E-state index in [0.29, 0.717) is 5.75 Å². The molecule has 2 heterocycles. The van der Waals surface area contributed by atoms with Crippen LogP contribution in [0.4, 0.5) is 18.0 Å². The highest BCUT2D eigenvalue weighted by Gasteiger charge is 2.40. The summed E-state index contributed by atoms with van der Waals surface area (Å²) in [6.07, 6.45) is -3.00. The van der Waals surface area contributed by atoms with Crippen molar-refractivity contribution in [1.29, 1.82) is 0 Å². The maximum Gasteiger partial charge on any atom is 0.417 e. The summed E-state index contributed by atoms with van der Waals surface area (Å²) >= 11 is 0.798. The van der Waals surface area contributed by atoms with Crippen molar-refractivity contribution in [1.82, 2.24) is 14.5 Å². The van der Waals surface area contributed by atoms with E-state index >= 15 is 0 Å². The molecule has 0 aromatic heterocycles. The van der Waals surface area contributed by atoms with E-state index < -0.39 is 43.7 Å². The van der Waals surface area contributed by atoms with E-state index in [-0.39, 0.29) is 49.8 Å². The number of carbonyl (C=O) groups is 3. The third-order valence-corrected chi connectivity index (χ3v) is 9.42. The van der Waals surface area contributed by atoms with Crippen LogP contribution in [0.15, 0.2) is 58.3 Å². The van der Waals surface area contributed by atoms with Crippen LogP contribution in [-0.2, 0) is 25.8 Å². The van der Waals surface area contributed by atoms with E-state index in [0.717, 1.165) is 44.7 Å². The Bertz CT molecular complexity index is 1420. The second kappa shape index (κ2) is 12.0. The molecule has 9 nitrogen and oxygen atoms in total. The van der Waals surface area contributed by atoms with Crippen molar-refractivity contribution >= 4 is 44.9 Å². The third-order valence-electron chi connectivity index (χ3n) is 6.56. The fourth-order valence-corrected chi connectivity index (χ4v) is 6.95. The number of rotatable bonds is 8. The Hall–Kier alpha value is -3.36. The zero-order chi connectivity index (χ0) is 29.1. The molecule has 0 radical (unpaired) electrons. The van der Waals surface area contributed by atoms with Gasteiger partial charge >= 0.3 is 6.18 Å². The minimum absolute atomic E-state index is 0.00413. The lowest BCUT2D eigenvalue weighted by Crippen LogP contribution is -2.44. The number of hydrogen-bond acceptors (Lipinski definition) is 7. The van der Waals surface area contributed by atoms with E-state index in [4.69, 9.17) is 4.74 Å². The van der Waals surface area contributed by atoms with Gasteiger partial charge in [0, 0.05) is 32.1 Å².